The summed E-state index contributed by atoms with van der Waals surface area (Å²) < 4.78 is 16.2. The molecule has 0 radical (unpaired) electrons. The number of likely N-dealkylation sites (tertiary alicyclic amines) is 2. The summed E-state index contributed by atoms with van der Waals surface area (Å²) in [6, 6.07) is 7.10. The summed E-state index contributed by atoms with van der Waals surface area (Å²) in [7, 11) is 2.10. The average Bonchev–Trinajstić information content (AvgIpc) is 3.05. The van der Waals surface area contributed by atoms with Gasteiger partial charge in [0.1, 0.15) is 17.5 Å². The standard InChI is InChI=1S/C21H30FN5/c1-25-20(16-26-11-5-2-6-12-26)23-24-21(25)18-9-7-13-27(15-18)14-17-8-3-4-10-19(17)22/h3-4,8,10,18H,2,5-7,9,11-16H2,1H3/t18-/m0/s1. The largest absolute Gasteiger partial charge is 0.317 e. The van der Waals surface area contributed by atoms with Crippen LogP contribution in [-0.2, 0) is 20.1 Å². The number of aromatic nitrogens is 3. The molecule has 1 aromatic carbocycles. The number of nitrogens with zero attached hydrogens (tertiary/aromatic N) is 5. The second kappa shape index (κ2) is 8.48. The van der Waals surface area contributed by atoms with Gasteiger partial charge in [-0.05, 0) is 51.4 Å². The fourth-order valence-electron chi connectivity index (χ4n) is 4.46. The Morgan fingerprint density at radius 2 is 1.74 bits per heavy atom. The van der Waals surface area contributed by atoms with Crippen LogP contribution in [0.3, 0.4) is 0 Å². The molecule has 2 saturated heterocycles. The van der Waals surface area contributed by atoms with Crippen LogP contribution in [0.1, 0.15) is 55.2 Å². The van der Waals surface area contributed by atoms with Crippen LogP contribution in [-0.4, -0.2) is 50.7 Å². The molecule has 6 heteroatoms. The Bertz CT molecular complexity index is 753. The van der Waals surface area contributed by atoms with E-state index in [-0.39, 0.29) is 5.82 Å². The van der Waals surface area contributed by atoms with Crippen LogP contribution in [0, 0.1) is 5.82 Å². The minimum absolute atomic E-state index is 0.109. The van der Waals surface area contributed by atoms with Gasteiger partial charge in [-0.3, -0.25) is 9.80 Å². The third-order valence-corrected chi connectivity index (χ3v) is 6.03. The number of rotatable bonds is 5. The second-order valence-electron chi connectivity index (χ2n) is 8.04. The van der Waals surface area contributed by atoms with Gasteiger partial charge in [0.2, 0.25) is 0 Å². The number of piperidine rings is 2. The molecule has 4 rings (SSSR count). The summed E-state index contributed by atoms with van der Waals surface area (Å²) in [5.41, 5.74) is 0.780. The first kappa shape index (κ1) is 18.6. The van der Waals surface area contributed by atoms with Gasteiger partial charge in [-0.2, -0.15) is 0 Å². The number of hydrogen-bond acceptors (Lipinski definition) is 4. The molecule has 0 bridgehead atoms. The third-order valence-electron chi connectivity index (χ3n) is 6.03. The van der Waals surface area contributed by atoms with Gasteiger partial charge in [0.05, 0.1) is 6.54 Å². The smallest absolute Gasteiger partial charge is 0.146 e. The molecule has 2 fully saturated rings. The van der Waals surface area contributed by atoms with Gasteiger partial charge in [-0.15, -0.1) is 10.2 Å². The molecule has 5 nitrogen and oxygen atoms in total. The van der Waals surface area contributed by atoms with Crippen molar-refractivity contribution in [2.24, 2.45) is 7.05 Å². The van der Waals surface area contributed by atoms with Gasteiger partial charge in [-0.1, -0.05) is 24.6 Å². The summed E-state index contributed by atoms with van der Waals surface area (Å²) in [5.74, 6) is 2.42. The van der Waals surface area contributed by atoms with Crippen LogP contribution in [0.15, 0.2) is 24.3 Å². The minimum atomic E-state index is -0.109. The van der Waals surface area contributed by atoms with E-state index in [0.717, 1.165) is 49.7 Å². The Morgan fingerprint density at radius 1 is 0.963 bits per heavy atom. The van der Waals surface area contributed by atoms with E-state index in [4.69, 9.17) is 0 Å². The van der Waals surface area contributed by atoms with Crippen molar-refractivity contribution in [3.63, 3.8) is 0 Å². The van der Waals surface area contributed by atoms with Crippen molar-refractivity contribution in [3.8, 4) is 0 Å². The minimum Gasteiger partial charge on any atom is -0.317 e. The maximum Gasteiger partial charge on any atom is 0.146 e. The Hall–Kier alpha value is -1.79. The average molecular weight is 372 g/mol. The lowest BCUT2D eigenvalue weighted by molar-refractivity contribution is 0.192. The molecule has 0 amide bonds. The SMILES string of the molecule is Cn1c(CN2CCCCC2)nnc1[C@H]1CCCN(Cc2ccccc2F)C1. The summed E-state index contributed by atoms with van der Waals surface area (Å²) in [5, 5.41) is 9.05. The molecule has 0 aliphatic carbocycles. The van der Waals surface area contributed by atoms with Crippen molar-refractivity contribution in [1.29, 1.82) is 0 Å². The van der Waals surface area contributed by atoms with Crippen LogP contribution in [0.5, 0.6) is 0 Å². The van der Waals surface area contributed by atoms with E-state index >= 15 is 0 Å². The van der Waals surface area contributed by atoms with Crippen molar-refractivity contribution in [2.45, 2.75) is 51.1 Å². The highest BCUT2D eigenvalue weighted by Gasteiger charge is 2.27. The second-order valence-corrected chi connectivity index (χ2v) is 8.04. The molecule has 146 valence electrons. The van der Waals surface area contributed by atoms with E-state index in [1.165, 1.54) is 32.4 Å². The summed E-state index contributed by atoms with van der Waals surface area (Å²) in [6.45, 7) is 5.84. The lowest BCUT2D eigenvalue weighted by atomic mass is 9.96. The Labute approximate surface area is 161 Å². The molecule has 27 heavy (non-hydrogen) atoms. The van der Waals surface area contributed by atoms with Gasteiger partial charge in [0.15, 0.2) is 0 Å². The van der Waals surface area contributed by atoms with E-state index in [0.29, 0.717) is 12.5 Å². The molecule has 1 aromatic heterocycles. The summed E-state index contributed by atoms with van der Waals surface area (Å²) in [4.78, 5) is 4.84. The van der Waals surface area contributed by atoms with Gasteiger partial charge >= 0.3 is 0 Å². The Morgan fingerprint density at radius 3 is 2.56 bits per heavy atom. The van der Waals surface area contributed by atoms with Crippen molar-refractivity contribution in [3.05, 3.63) is 47.3 Å². The molecule has 2 aliphatic rings. The quantitative estimate of drug-likeness (QED) is 0.808. The first-order valence-corrected chi connectivity index (χ1v) is 10.3. The Kier molecular flexibility index (Phi) is 5.83. The van der Waals surface area contributed by atoms with E-state index in [1.54, 1.807) is 12.1 Å². The molecule has 0 spiro atoms. The molecular formula is C21H30FN5. The van der Waals surface area contributed by atoms with E-state index in [1.807, 2.05) is 12.1 Å². The van der Waals surface area contributed by atoms with Crippen molar-refractivity contribution in [2.75, 3.05) is 26.2 Å². The normalized spacial score (nSPS) is 22.2. The van der Waals surface area contributed by atoms with E-state index in [2.05, 4.69) is 31.6 Å². The summed E-state index contributed by atoms with van der Waals surface area (Å²) >= 11 is 0. The van der Waals surface area contributed by atoms with Crippen LogP contribution in [0.2, 0.25) is 0 Å². The Balaban J connectivity index is 1.41. The predicted molar refractivity (Wildman–Crippen MR) is 104 cm³/mol. The highest BCUT2D eigenvalue weighted by atomic mass is 19.1. The highest BCUT2D eigenvalue weighted by molar-refractivity contribution is 5.17. The van der Waals surface area contributed by atoms with Crippen molar-refractivity contribution >= 4 is 0 Å². The monoisotopic (exact) mass is 371 g/mol. The van der Waals surface area contributed by atoms with Gasteiger partial charge in [0, 0.05) is 31.6 Å². The highest BCUT2D eigenvalue weighted by Crippen LogP contribution is 2.27. The van der Waals surface area contributed by atoms with Crippen molar-refractivity contribution in [1.82, 2.24) is 24.6 Å². The van der Waals surface area contributed by atoms with Gasteiger partial charge < -0.3 is 4.57 Å². The lowest BCUT2D eigenvalue weighted by Gasteiger charge is -2.32. The zero-order valence-corrected chi connectivity index (χ0v) is 16.3. The summed E-state index contributed by atoms with van der Waals surface area (Å²) in [6.07, 6.45) is 6.17. The topological polar surface area (TPSA) is 37.2 Å². The maximum absolute atomic E-state index is 14.0. The fraction of sp³-hybridized carbons (Fsp3) is 0.619. The van der Waals surface area contributed by atoms with E-state index in [9.17, 15) is 4.39 Å². The van der Waals surface area contributed by atoms with Crippen LogP contribution in [0.25, 0.3) is 0 Å². The number of benzene rings is 1. The molecule has 0 unspecified atom stereocenters. The van der Waals surface area contributed by atoms with E-state index < -0.39 is 0 Å². The van der Waals surface area contributed by atoms with Crippen LogP contribution in [0.4, 0.5) is 4.39 Å². The first-order chi connectivity index (χ1) is 13.2. The molecular weight excluding hydrogens is 341 g/mol. The number of hydrogen-bond donors (Lipinski definition) is 0. The molecule has 0 saturated carbocycles. The first-order valence-electron chi connectivity index (χ1n) is 10.3. The lowest BCUT2D eigenvalue weighted by Crippen LogP contribution is -2.35. The zero-order valence-electron chi connectivity index (χ0n) is 16.3. The van der Waals surface area contributed by atoms with Crippen LogP contribution >= 0.6 is 0 Å². The molecule has 0 N–H and O–H groups in total. The molecule has 1 atom stereocenters. The predicted octanol–water partition coefficient (Wildman–Crippen LogP) is 3.32. The zero-order chi connectivity index (χ0) is 18.6. The van der Waals surface area contributed by atoms with Gasteiger partial charge in [-0.25, -0.2) is 4.39 Å². The van der Waals surface area contributed by atoms with Crippen LogP contribution < -0.4 is 0 Å². The third kappa shape index (κ3) is 4.38. The fourth-order valence-corrected chi connectivity index (χ4v) is 4.46. The van der Waals surface area contributed by atoms with Gasteiger partial charge in [0.25, 0.3) is 0 Å². The molecule has 2 aromatic rings. The molecule has 2 aliphatic heterocycles. The molecule has 3 heterocycles. The maximum atomic E-state index is 14.0. The van der Waals surface area contributed by atoms with Crippen molar-refractivity contribution < 1.29 is 4.39 Å². The number of halogens is 1.